The number of rotatable bonds is 32. The number of hydrogen-bond acceptors (Lipinski definition) is 6. The molecule has 0 saturated heterocycles. The first kappa shape index (κ1) is 41.9. The predicted molar refractivity (Wildman–Crippen MR) is 181 cm³/mol. The molecule has 0 aliphatic heterocycles. The smallest absolute Gasteiger partial charge is 0.319 e. The van der Waals surface area contributed by atoms with Crippen molar-refractivity contribution in [2.24, 2.45) is 0 Å². The highest BCUT2D eigenvalue weighted by molar-refractivity contribution is 5.71. The minimum absolute atomic E-state index is 0.289. The van der Waals surface area contributed by atoms with E-state index in [1.54, 1.807) is 20.9 Å². The monoisotopic (exact) mass is 612 g/mol. The van der Waals surface area contributed by atoms with Crippen molar-refractivity contribution < 1.29 is 24.2 Å². The summed E-state index contributed by atoms with van der Waals surface area (Å²) in [5.74, 6) is -2.41. The van der Waals surface area contributed by atoms with Gasteiger partial charge in [-0.15, -0.1) is 0 Å². The van der Waals surface area contributed by atoms with Gasteiger partial charge in [0.25, 0.3) is 0 Å². The molecule has 0 rings (SSSR count). The first-order chi connectivity index (χ1) is 20.8. The van der Waals surface area contributed by atoms with Crippen LogP contribution in [0, 0.1) is 0 Å². The molecule has 0 saturated carbocycles. The maximum atomic E-state index is 12.6. The second-order valence-corrected chi connectivity index (χ2v) is 13.1. The molecule has 256 valence electrons. The molecule has 0 heterocycles. The molecule has 0 bridgehead atoms. The predicted octanol–water partition coefficient (Wildman–Crippen LogP) is 11.0. The first-order valence-corrected chi connectivity index (χ1v) is 18.6. The number of unbranched alkanes of at least 4 members (excludes halogenated alkanes) is 24. The van der Waals surface area contributed by atoms with Gasteiger partial charge in [-0.1, -0.05) is 168 Å². The van der Waals surface area contributed by atoms with Crippen LogP contribution in [0.15, 0.2) is 0 Å². The number of carbonyl (C=O) groups excluding carboxylic acids is 2. The summed E-state index contributed by atoms with van der Waals surface area (Å²) in [6, 6.07) is 0. The Bertz CT molecular complexity index is 594. The summed E-state index contributed by atoms with van der Waals surface area (Å²) < 4.78 is 11.3. The maximum Gasteiger partial charge on any atom is 0.319 e. The second-order valence-electron chi connectivity index (χ2n) is 13.1. The molecule has 1 N–H and O–H groups in total. The van der Waals surface area contributed by atoms with Gasteiger partial charge < -0.3 is 14.6 Å². The molecule has 6 heteroatoms. The summed E-state index contributed by atoms with van der Waals surface area (Å²) in [5, 5.41) is 10.1. The largest absolute Gasteiger partial charge is 0.408 e. The highest BCUT2D eigenvalue weighted by Crippen LogP contribution is 2.23. The lowest BCUT2D eigenvalue weighted by Crippen LogP contribution is -2.54. The molecule has 0 aliphatic rings. The van der Waals surface area contributed by atoms with Gasteiger partial charge in [-0.2, -0.15) is 0 Å². The second kappa shape index (κ2) is 29.6. The van der Waals surface area contributed by atoms with Gasteiger partial charge in [-0.05, 0) is 26.8 Å². The lowest BCUT2D eigenvalue weighted by molar-refractivity contribution is -0.295. The molecule has 0 fully saturated rings. The zero-order chi connectivity index (χ0) is 32.0. The van der Waals surface area contributed by atoms with Crippen LogP contribution in [-0.2, 0) is 19.1 Å². The van der Waals surface area contributed by atoms with Crippen molar-refractivity contribution in [3.8, 4) is 0 Å². The number of aliphatic hydroxyl groups excluding tert-OH is 1. The Morgan fingerprint density at radius 2 is 0.767 bits per heavy atom. The van der Waals surface area contributed by atoms with Gasteiger partial charge >= 0.3 is 17.8 Å². The Balaban J connectivity index is 4.06. The van der Waals surface area contributed by atoms with Crippen molar-refractivity contribution in [2.75, 3.05) is 7.05 Å². The van der Waals surface area contributed by atoms with E-state index in [-0.39, 0.29) is 12.8 Å². The molecule has 0 aromatic carbocycles. The van der Waals surface area contributed by atoms with Gasteiger partial charge in [0, 0.05) is 19.8 Å². The van der Waals surface area contributed by atoms with E-state index in [0.29, 0.717) is 0 Å². The number of aliphatic hydroxyl groups is 1. The summed E-state index contributed by atoms with van der Waals surface area (Å²) in [6.45, 7) is 7.63. The molecule has 6 nitrogen and oxygen atoms in total. The summed E-state index contributed by atoms with van der Waals surface area (Å²) in [6.07, 6.45) is 32.0. The quantitative estimate of drug-likeness (QED) is 0.0463. The minimum Gasteiger partial charge on any atom is -0.408 e. The Morgan fingerprint density at radius 1 is 0.535 bits per heavy atom. The normalized spacial score (nSPS) is 12.5. The van der Waals surface area contributed by atoms with Crippen molar-refractivity contribution in [1.29, 1.82) is 0 Å². The Morgan fingerprint density at radius 3 is 1.00 bits per heavy atom. The van der Waals surface area contributed by atoms with Crippen LogP contribution in [-0.4, -0.2) is 41.1 Å². The third-order valence-corrected chi connectivity index (χ3v) is 8.78. The fraction of sp³-hybridized carbons (Fsp3) is 0.946. The standard InChI is InChI=1S/C37H73NO5/c1-6-8-10-12-14-16-18-20-22-24-26-28-30-32-35(40)42-37(4,38(5)34(3)39)43-36(41)33-31-29-27-25-23-21-19-17-15-13-11-9-7-2/h34,39H,6-33H2,1-5H3. The lowest BCUT2D eigenvalue weighted by atomic mass is 10.0. The van der Waals surface area contributed by atoms with E-state index >= 15 is 0 Å². The average molecular weight is 612 g/mol. The van der Waals surface area contributed by atoms with Gasteiger partial charge in [0.15, 0.2) is 0 Å². The SMILES string of the molecule is CCCCCCCCCCCCCCCC(=O)OC(C)(OC(=O)CCCCCCCCCCCCCCC)N(C)C(C)O. The van der Waals surface area contributed by atoms with Crippen LogP contribution in [0.1, 0.15) is 207 Å². The molecule has 1 unspecified atom stereocenters. The molecule has 0 spiro atoms. The lowest BCUT2D eigenvalue weighted by Gasteiger charge is -2.38. The topological polar surface area (TPSA) is 76.1 Å². The van der Waals surface area contributed by atoms with Crippen molar-refractivity contribution in [2.45, 2.75) is 220 Å². The van der Waals surface area contributed by atoms with E-state index in [9.17, 15) is 14.7 Å². The summed E-state index contributed by atoms with van der Waals surface area (Å²) >= 11 is 0. The number of esters is 2. The Hall–Kier alpha value is -1.14. The molecule has 0 aromatic rings. The molecule has 0 aromatic heterocycles. The van der Waals surface area contributed by atoms with Crippen molar-refractivity contribution >= 4 is 11.9 Å². The van der Waals surface area contributed by atoms with E-state index in [0.717, 1.165) is 38.5 Å². The number of nitrogens with zero attached hydrogens (tertiary/aromatic N) is 1. The Kier molecular flexibility index (Phi) is 28.8. The molecule has 0 amide bonds. The van der Waals surface area contributed by atoms with E-state index in [4.69, 9.17) is 9.47 Å². The van der Waals surface area contributed by atoms with Gasteiger partial charge in [0.1, 0.15) is 6.23 Å². The molecule has 0 aliphatic carbocycles. The number of ether oxygens (including phenoxy) is 2. The van der Waals surface area contributed by atoms with Gasteiger partial charge in [0.05, 0.1) is 0 Å². The van der Waals surface area contributed by atoms with Gasteiger partial charge in [-0.25, -0.2) is 4.90 Å². The molecular formula is C37H73NO5. The highest BCUT2D eigenvalue weighted by Gasteiger charge is 2.39. The highest BCUT2D eigenvalue weighted by atomic mass is 16.8. The van der Waals surface area contributed by atoms with Crippen LogP contribution in [0.4, 0.5) is 0 Å². The number of carbonyl (C=O) groups is 2. The molecule has 0 radical (unpaired) electrons. The van der Waals surface area contributed by atoms with Crippen LogP contribution < -0.4 is 0 Å². The zero-order valence-corrected chi connectivity index (χ0v) is 29.4. The zero-order valence-electron chi connectivity index (χ0n) is 29.4. The maximum absolute atomic E-state index is 12.6. The average Bonchev–Trinajstić information content (AvgIpc) is 2.97. The van der Waals surface area contributed by atoms with E-state index in [2.05, 4.69) is 13.8 Å². The first-order valence-electron chi connectivity index (χ1n) is 18.6. The van der Waals surface area contributed by atoms with Crippen LogP contribution in [0.2, 0.25) is 0 Å². The van der Waals surface area contributed by atoms with Crippen LogP contribution in [0.25, 0.3) is 0 Å². The van der Waals surface area contributed by atoms with E-state index in [1.807, 2.05) is 0 Å². The summed E-state index contributed by atoms with van der Waals surface area (Å²) in [4.78, 5) is 26.6. The summed E-state index contributed by atoms with van der Waals surface area (Å²) in [7, 11) is 1.60. The van der Waals surface area contributed by atoms with Crippen LogP contribution in [0.5, 0.6) is 0 Å². The van der Waals surface area contributed by atoms with Gasteiger partial charge in [0.2, 0.25) is 0 Å². The van der Waals surface area contributed by atoms with Crippen LogP contribution in [0.3, 0.4) is 0 Å². The molecule has 1 atom stereocenters. The van der Waals surface area contributed by atoms with E-state index < -0.39 is 24.1 Å². The minimum atomic E-state index is -1.62. The van der Waals surface area contributed by atoms with Crippen molar-refractivity contribution in [3.05, 3.63) is 0 Å². The fourth-order valence-electron chi connectivity index (χ4n) is 5.60. The van der Waals surface area contributed by atoms with E-state index in [1.165, 1.54) is 133 Å². The number of hydrogen-bond donors (Lipinski definition) is 1. The fourth-order valence-corrected chi connectivity index (χ4v) is 5.60. The summed E-state index contributed by atoms with van der Waals surface area (Å²) in [5.41, 5.74) is 0. The van der Waals surface area contributed by atoms with Gasteiger partial charge in [-0.3, -0.25) is 9.59 Å². The van der Waals surface area contributed by atoms with Crippen LogP contribution >= 0.6 is 0 Å². The molecular weight excluding hydrogens is 538 g/mol. The van der Waals surface area contributed by atoms with Crippen molar-refractivity contribution in [3.63, 3.8) is 0 Å². The Labute approximate surface area is 267 Å². The van der Waals surface area contributed by atoms with Crippen molar-refractivity contribution in [1.82, 2.24) is 4.90 Å². The molecule has 43 heavy (non-hydrogen) atoms. The third kappa shape index (κ3) is 25.8. The third-order valence-electron chi connectivity index (χ3n) is 8.78.